The molecule has 0 fully saturated rings. The molecule has 0 bridgehead atoms. The van der Waals surface area contributed by atoms with Crippen molar-refractivity contribution >= 4 is 0 Å². The van der Waals surface area contributed by atoms with Crippen LogP contribution in [0.25, 0.3) is 0 Å². The summed E-state index contributed by atoms with van der Waals surface area (Å²) in [6.07, 6.45) is 7.00. The molecule has 0 saturated heterocycles. The smallest absolute Gasteiger partial charge is 0.387 e. The maximum atomic E-state index is 12.2. The highest BCUT2D eigenvalue weighted by molar-refractivity contribution is 5.33. The second kappa shape index (κ2) is 7.24. The summed E-state index contributed by atoms with van der Waals surface area (Å²) in [7, 11) is 0. The van der Waals surface area contributed by atoms with E-state index in [2.05, 4.69) is 16.1 Å². The minimum Gasteiger partial charge on any atom is -0.434 e. The number of allylic oxidation sites excluding steroid dienone is 1. The van der Waals surface area contributed by atoms with Crippen molar-refractivity contribution in [2.24, 2.45) is 0 Å². The molecule has 4 heteroatoms. The molecule has 0 aromatic heterocycles. The average molecular weight is 267 g/mol. The topological polar surface area (TPSA) is 21.3 Å². The van der Waals surface area contributed by atoms with Crippen LogP contribution in [0.2, 0.25) is 0 Å². The van der Waals surface area contributed by atoms with Gasteiger partial charge in [-0.2, -0.15) is 8.78 Å². The van der Waals surface area contributed by atoms with Gasteiger partial charge in [-0.25, -0.2) is 0 Å². The van der Waals surface area contributed by atoms with Gasteiger partial charge in [0.15, 0.2) is 0 Å². The highest BCUT2D eigenvalue weighted by Gasteiger charge is 2.09. The van der Waals surface area contributed by atoms with E-state index in [-0.39, 0.29) is 5.75 Å². The van der Waals surface area contributed by atoms with Crippen molar-refractivity contribution in [3.63, 3.8) is 0 Å². The molecule has 0 spiro atoms. The van der Waals surface area contributed by atoms with Gasteiger partial charge in [-0.15, -0.1) is 0 Å². The molecule has 0 heterocycles. The molecule has 1 aromatic carbocycles. The van der Waals surface area contributed by atoms with Crippen LogP contribution in [0.15, 0.2) is 35.9 Å². The van der Waals surface area contributed by atoms with E-state index in [4.69, 9.17) is 0 Å². The van der Waals surface area contributed by atoms with Crippen molar-refractivity contribution in [3.05, 3.63) is 41.5 Å². The van der Waals surface area contributed by atoms with Crippen LogP contribution in [0.4, 0.5) is 8.78 Å². The highest BCUT2D eigenvalue weighted by Crippen LogP contribution is 2.21. The quantitative estimate of drug-likeness (QED) is 0.598. The molecule has 1 aliphatic carbocycles. The number of nitrogens with one attached hydrogen (secondary N) is 1. The molecule has 0 radical (unpaired) electrons. The number of alkyl halides is 2. The Labute approximate surface area is 112 Å². The van der Waals surface area contributed by atoms with E-state index in [1.54, 1.807) is 18.2 Å². The molecule has 0 saturated carbocycles. The molecule has 2 rings (SSSR count). The van der Waals surface area contributed by atoms with Crippen LogP contribution >= 0.6 is 0 Å². The fraction of sp³-hybridized carbons (Fsp3) is 0.467. The first-order chi connectivity index (χ1) is 9.25. The van der Waals surface area contributed by atoms with E-state index in [1.807, 2.05) is 6.07 Å². The standard InChI is InChI=1S/C15H19F2NO/c16-15(17)19-14-8-4-3-7-13(14)11-18-10-9-12-5-1-2-6-12/h3-5,7-8,15,18H,1-2,6,9-11H2. The monoisotopic (exact) mass is 267 g/mol. The zero-order valence-electron chi connectivity index (χ0n) is 10.9. The van der Waals surface area contributed by atoms with E-state index >= 15 is 0 Å². The number of hydrogen-bond acceptors (Lipinski definition) is 2. The first-order valence-electron chi connectivity index (χ1n) is 6.67. The molecule has 19 heavy (non-hydrogen) atoms. The van der Waals surface area contributed by atoms with Crippen molar-refractivity contribution < 1.29 is 13.5 Å². The third-order valence-corrected chi connectivity index (χ3v) is 3.26. The molecule has 2 nitrogen and oxygen atoms in total. The summed E-state index contributed by atoms with van der Waals surface area (Å²) < 4.78 is 29.0. The number of rotatable bonds is 7. The fourth-order valence-electron chi connectivity index (χ4n) is 2.30. The third-order valence-electron chi connectivity index (χ3n) is 3.26. The number of halogens is 2. The zero-order chi connectivity index (χ0) is 13.5. The summed E-state index contributed by atoms with van der Waals surface area (Å²) in [5.41, 5.74) is 2.27. The lowest BCUT2D eigenvalue weighted by Gasteiger charge is -2.11. The molecule has 0 aliphatic heterocycles. The van der Waals surface area contributed by atoms with Crippen molar-refractivity contribution in [1.82, 2.24) is 5.32 Å². The van der Waals surface area contributed by atoms with Gasteiger partial charge in [0.2, 0.25) is 0 Å². The fourth-order valence-corrected chi connectivity index (χ4v) is 2.30. The number of para-hydroxylation sites is 1. The van der Waals surface area contributed by atoms with Crippen LogP contribution in [-0.2, 0) is 6.54 Å². The van der Waals surface area contributed by atoms with Gasteiger partial charge in [-0.05, 0) is 38.3 Å². The van der Waals surface area contributed by atoms with Gasteiger partial charge in [0.25, 0.3) is 0 Å². The second-order valence-corrected chi connectivity index (χ2v) is 4.67. The van der Waals surface area contributed by atoms with Crippen LogP contribution in [0.5, 0.6) is 5.75 Å². The van der Waals surface area contributed by atoms with Crippen molar-refractivity contribution in [2.45, 2.75) is 38.8 Å². The summed E-state index contributed by atoms with van der Waals surface area (Å²) in [5, 5.41) is 3.28. The summed E-state index contributed by atoms with van der Waals surface area (Å²) in [6.45, 7) is -1.35. The second-order valence-electron chi connectivity index (χ2n) is 4.67. The van der Waals surface area contributed by atoms with Gasteiger partial charge in [0.05, 0.1) is 0 Å². The SMILES string of the molecule is FC(F)Oc1ccccc1CNCCC1=CCCC1. The normalized spacial score (nSPS) is 14.8. The summed E-state index contributed by atoms with van der Waals surface area (Å²) >= 11 is 0. The van der Waals surface area contributed by atoms with Gasteiger partial charge in [-0.1, -0.05) is 29.8 Å². The molecule has 104 valence electrons. The van der Waals surface area contributed by atoms with Gasteiger partial charge >= 0.3 is 6.61 Å². The molecule has 1 aliphatic rings. The predicted octanol–water partition coefficient (Wildman–Crippen LogP) is 3.88. The van der Waals surface area contributed by atoms with E-state index < -0.39 is 6.61 Å². The number of hydrogen-bond donors (Lipinski definition) is 1. The predicted molar refractivity (Wildman–Crippen MR) is 71.3 cm³/mol. The maximum Gasteiger partial charge on any atom is 0.387 e. The molecular weight excluding hydrogens is 248 g/mol. The van der Waals surface area contributed by atoms with Crippen molar-refractivity contribution in [2.75, 3.05) is 6.54 Å². The largest absolute Gasteiger partial charge is 0.434 e. The van der Waals surface area contributed by atoms with Gasteiger partial charge in [-0.3, -0.25) is 0 Å². The lowest BCUT2D eigenvalue weighted by atomic mass is 10.1. The van der Waals surface area contributed by atoms with E-state index in [0.29, 0.717) is 6.54 Å². The first kappa shape index (κ1) is 14.0. The molecule has 0 atom stereocenters. The lowest BCUT2D eigenvalue weighted by molar-refractivity contribution is -0.0504. The van der Waals surface area contributed by atoms with Crippen LogP contribution in [0.1, 0.15) is 31.2 Å². The minimum absolute atomic E-state index is 0.255. The maximum absolute atomic E-state index is 12.2. The van der Waals surface area contributed by atoms with Crippen molar-refractivity contribution in [1.29, 1.82) is 0 Å². The zero-order valence-corrected chi connectivity index (χ0v) is 10.9. The van der Waals surface area contributed by atoms with Crippen LogP contribution in [0, 0.1) is 0 Å². The van der Waals surface area contributed by atoms with Crippen molar-refractivity contribution in [3.8, 4) is 5.75 Å². The molecule has 0 unspecified atom stereocenters. The Morgan fingerprint density at radius 3 is 2.84 bits per heavy atom. The van der Waals surface area contributed by atoms with Gasteiger partial charge in [0, 0.05) is 12.1 Å². The highest BCUT2D eigenvalue weighted by atomic mass is 19.3. The number of benzene rings is 1. The summed E-state index contributed by atoms with van der Waals surface area (Å²) in [4.78, 5) is 0. The lowest BCUT2D eigenvalue weighted by Crippen LogP contribution is -2.16. The Balaban J connectivity index is 1.78. The number of ether oxygens (including phenoxy) is 1. The summed E-state index contributed by atoms with van der Waals surface area (Å²) in [5.74, 6) is 0.255. The van der Waals surface area contributed by atoms with E-state index in [9.17, 15) is 8.78 Å². The summed E-state index contributed by atoms with van der Waals surface area (Å²) in [6, 6.07) is 6.90. The van der Waals surface area contributed by atoms with Gasteiger partial charge in [0.1, 0.15) is 5.75 Å². The Kier molecular flexibility index (Phi) is 5.33. The Morgan fingerprint density at radius 1 is 1.26 bits per heavy atom. The van der Waals surface area contributed by atoms with Crippen LogP contribution in [0.3, 0.4) is 0 Å². The molecule has 0 amide bonds. The van der Waals surface area contributed by atoms with Crippen LogP contribution in [-0.4, -0.2) is 13.2 Å². The average Bonchev–Trinajstić information content (AvgIpc) is 2.89. The molecule has 1 aromatic rings. The molecular formula is C15H19F2NO. The first-order valence-corrected chi connectivity index (χ1v) is 6.67. The Bertz CT molecular complexity index is 432. The molecule has 1 N–H and O–H groups in total. The minimum atomic E-state index is -2.77. The van der Waals surface area contributed by atoms with Gasteiger partial charge < -0.3 is 10.1 Å². The Hall–Kier alpha value is -1.42. The third kappa shape index (κ3) is 4.63. The Morgan fingerprint density at radius 2 is 2.11 bits per heavy atom. The van der Waals surface area contributed by atoms with E-state index in [1.165, 1.54) is 24.8 Å². The van der Waals surface area contributed by atoms with Crippen LogP contribution < -0.4 is 10.1 Å². The van der Waals surface area contributed by atoms with E-state index in [0.717, 1.165) is 18.5 Å².